The Hall–Kier alpha value is -1.55. The van der Waals surface area contributed by atoms with E-state index in [1.165, 1.54) is 25.7 Å². The molecule has 3 rings (SSSR count). The molecule has 1 saturated carbocycles. The average Bonchev–Trinajstić information content (AvgIpc) is 2.55. The molecule has 2 aliphatic rings. The van der Waals surface area contributed by atoms with Crippen LogP contribution in [-0.2, 0) is 0 Å². The van der Waals surface area contributed by atoms with Crippen LogP contribution in [0.5, 0.6) is 5.75 Å². The summed E-state index contributed by atoms with van der Waals surface area (Å²) in [6.07, 6.45) is 5.01. The molecule has 1 fully saturated rings. The van der Waals surface area contributed by atoms with Crippen LogP contribution in [0.25, 0.3) is 0 Å². The molecule has 0 amide bonds. The first-order chi connectivity index (χ1) is 11.4. The Bertz CT molecular complexity index is 612. The van der Waals surface area contributed by atoms with Crippen LogP contribution in [0.1, 0.15) is 63.7 Å². The molecule has 4 nitrogen and oxygen atoms in total. The maximum Gasteiger partial charge on any atom is 0.179 e. The maximum atomic E-state index is 12.8. The van der Waals surface area contributed by atoms with E-state index in [4.69, 9.17) is 4.74 Å². The summed E-state index contributed by atoms with van der Waals surface area (Å²) >= 11 is 0. The van der Waals surface area contributed by atoms with Gasteiger partial charge < -0.3 is 15.4 Å². The van der Waals surface area contributed by atoms with Gasteiger partial charge in [0.15, 0.2) is 5.78 Å². The van der Waals surface area contributed by atoms with Gasteiger partial charge in [-0.25, -0.2) is 0 Å². The minimum atomic E-state index is -0.218. The lowest BCUT2D eigenvalue weighted by atomic mass is 9.85. The number of Topliss-reactive ketones (excluding diaryl/α,β-unsaturated/α-hetero) is 1. The summed E-state index contributed by atoms with van der Waals surface area (Å²) in [5.41, 5.74) is 1.44. The van der Waals surface area contributed by atoms with E-state index in [-0.39, 0.29) is 17.4 Å². The highest BCUT2D eigenvalue weighted by Crippen LogP contribution is 2.33. The van der Waals surface area contributed by atoms with E-state index in [0.717, 1.165) is 23.5 Å². The van der Waals surface area contributed by atoms with Crippen molar-refractivity contribution in [1.29, 1.82) is 0 Å². The molecule has 0 radical (unpaired) electrons. The molecule has 24 heavy (non-hydrogen) atoms. The first-order valence-electron chi connectivity index (χ1n) is 9.23. The molecule has 1 aliphatic carbocycles. The van der Waals surface area contributed by atoms with Gasteiger partial charge in [0, 0.05) is 11.6 Å². The number of nitrogens with one attached hydrogen (secondary N) is 2. The second-order valence-electron chi connectivity index (χ2n) is 8.05. The molecule has 1 aromatic carbocycles. The molecular weight excluding hydrogens is 300 g/mol. The van der Waals surface area contributed by atoms with Crippen LogP contribution in [0.3, 0.4) is 0 Å². The van der Waals surface area contributed by atoms with Gasteiger partial charge in [0.05, 0.1) is 18.3 Å². The van der Waals surface area contributed by atoms with Gasteiger partial charge in [0.25, 0.3) is 0 Å². The Morgan fingerprint density at radius 2 is 2.08 bits per heavy atom. The van der Waals surface area contributed by atoms with Gasteiger partial charge in [0.2, 0.25) is 0 Å². The van der Waals surface area contributed by atoms with Crippen molar-refractivity contribution >= 4 is 11.5 Å². The fourth-order valence-electron chi connectivity index (χ4n) is 3.76. The van der Waals surface area contributed by atoms with Crippen molar-refractivity contribution in [2.75, 3.05) is 11.9 Å². The van der Waals surface area contributed by atoms with Crippen molar-refractivity contribution in [3.63, 3.8) is 0 Å². The predicted molar refractivity (Wildman–Crippen MR) is 98.0 cm³/mol. The van der Waals surface area contributed by atoms with Gasteiger partial charge in [-0.2, -0.15) is 0 Å². The van der Waals surface area contributed by atoms with Gasteiger partial charge in [-0.15, -0.1) is 0 Å². The lowest BCUT2D eigenvalue weighted by Gasteiger charge is -2.34. The number of benzene rings is 1. The molecule has 3 unspecified atom stereocenters. The summed E-state index contributed by atoms with van der Waals surface area (Å²) in [6, 6.07) is 6.02. The smallest absolute Gasteiger partial charge is 0.179 e. The Morgan fingerprint density at radius 1 is 1.33 bits per heavy atom. The quantitative estimate of drug-likeness (QED) is 0.819. The maximum absolute atomic E-state index is 12.8. The first-order valence-corrected chi connectivity index (χ1v) is 9.23. The molecule has 1 aliphatic heterocycles. The van der Waals surface area contributed by atoms with Gasteiger partial charge in [-0.05, 0) is 57.7 Å². The lowest BCUT2D eigenvalue weighted by Crippen LogP contribution is -2.45. The van der Waals surface area contributed by atoms with E-state index in [1.54, 1.807) is 0 Å². The van der Waals surface area contributed by atoms with Crippen LogP contribution in [0.4, 0.5) is 5.69 Å². The van der Waals surface area contributed by atoms with Crippen LogP contribution < -0.4 is 15.4 Å². The summed E-state index contributed by atoms with van der Waals surface area (Å²) in [5, 5.41) is 6.94. The fraction of sp³-hybridized carbons (Fsp3) is 0.650. The first kappa shape index (κ1) is 17.3. The number of carbonyl (C=O) groups is 1. The largest absolute Gasteiger partial charge is 0.484 e. The van der Waals surface area contributed by atoms with Crippen molar-refractivity contribution in [1.82, 2.24) is 5.32 Å². The number of anilines is 1. The molecule has 0 bridgehead atoms. The standard InChI is InChI=1S/C20H30N2O2/c1-13-7-5-6-8-16(13)22-14(2)19(23)15-9-10-18-17(11-15)21-12-20(3,4)24-18/h9-11,13-14,16,21-22H,5-8,12H2,1-4H3. The molecule has 0 saturated heterocycles. The summed E-state index contributed by atoms with van der Waals surface area (Å²) in [6.45, 7) is 9.12. The van der Waals surface area contributed by atoms with Gasteiger partial charge in [0.1, 0.15) is 11.4 Å². The molecule has 4 heteroatoms. The molecule has 1 aromatic rings. The third kappa shape index (κ3) is 3.75. The third-order valence-electron chi connectivity index (χ3n) is 5.32. The van der Waals surface area contributed by atoms with Gasteiger partial charge in [-0.3, -0.25) is 4.79 Å². The number of ketones is 1. The monoisotopic (exact) mass is 330 g/mol. The van der Waals surface area contributed by atoms with E-state index >= 15 is 0 Å². The topological polar surface area (TPSA) is 50.4 Å². The van der Waals surface area contributed by atoms with E-state index in [0.29, 0.717) is 12.0 Å². The van der Waals surface area contributed by atoms with Crippen molar-refractivity contribution in [3.8, 4) is 5.75 Å². The zero-order chi connectivity index (χ0) is 17.3. The minimum absolute atomic E-state index is 0.155. The SMILES string of the molecule is CC(NC1CCCCC1C)C(=O)c1ccc2c(c1)NCC(C)(C)O2. The number of hydrogen-bond donors (Lipinski definition) is 2. The van der Waals surface area contributed by atoms with Crippen molar-refractivity contribution in [3.05, 3.63) is 23.8 Å². The van der Waals surface area contributed by atoms with E-state index in [9.17, 15) is 4.79 Å². The molecule has 2 N–H and O–H groups in total. The number of hydrogen-bond acceptors (Lipinski definition) is 4. The Labute approximate surface area is 145 Å². The van der Waals surface area contributed by atoms with Crippen LogP contribution >= 0.6 is 0 Å². The van der Waals surface area contributed by atoms with Crippen LogP contribution in [0, 0.1) is 5.92 Å². The van der Waals surface area contributed by atoms with E-state index < -0.39 is 0 Å². The van der Waals surface area contributed by atoms with Gasteiger partial charge in [-0.1, -0.05) is 19.8 Å². The van der Waals surface area contributed by atoms with Crippen LogP contribution in [0.15, 0.2) is 18.2 Å². The third-order valence-corrected chi connectivity index (χ3v) is 5.32. The fourth-order valence-corrected chi connectivity index (χ4v) is 3.76. The number of fused-ring (bicyclic) bond motifs is 1. The summed E-state index contributed by atoms with van der Waals surface area (Å²) < 4.78 is 5.96. The second kappa shape index (κ2) is 6.75. The second-order valence-corrected chi connectivity index (χ2v) is 8.05. The lowest BCUT2D eigenvalue weighted by molar-refractivity contribution is 0.0932. The molecule has 0 aromatic heterocycles. The highest BCUT2D eigenvalue weighted by molar-refractivity contribution is 6.01. The number of rotatable bonds is 4. The summed E-state index contributed by atoms with van der Waals surface area (Å²) in [4.78, 5) is 12.8. The minimum Gasteiger partial charge on any atom is -0.484 e. The molecular formula is C20H30N2O2. The zero-order valence-electron chi connectivity index (χ0n) is 15.3. The molecule has 0 spiro atoms. The highest BCUT2D eigenvalue weighted by atomic mass is 16.5. The normalized spacial score (nSPS) is 26.7. The van der Waals surface area contributed by atoms with E-state index in [1.807, 2.05) is 25.1 Å². The van der Waals surface area contributed by atoms with Crippen molar-refractivity contribution < 1.29 is 9.53 Å². The van der Waals surface area contributed by atoms with Crippen molar-refractivity contribution in [2.45, 2.75) is 71.1 Å². The Balaban J connectivity index is 1.68. The van der Waals surface area contributed by atoms with Crippen LogP contribution in [-0.4, -0.2) is 30.0 Å². The molecule has 132 valence electrons. The van der Waals surface area contributed by atoms with Crippen LogP contribution in [0.2, 0.25) is 0 Å². The molecule has 1 heterocycles. The number of ether oxygens (including phenoxy) is 1. The van der Waals surface area contributed by atoms with E-state index in [2.05, 4.69) is 31.4 Å². The molecule has 3 atom stereocenters. The summed E-state index contributed by atoms with van der Waals surface area (Å²) in [5.74, 6) is 1.63. The van der Waals surface area contributed by atoms with Crippen molar-refractivity contribution in [2.24, 2.45) is 5.92 Å². The number of carbonyl (C=O) groups excluding carboxylic acids is 1. The average molecular weight is 330 g/mol. The highest BCUT2D eigenvalue weighted by Gasteiger charge is 2.28. The van der Waals surface area contributed by atoms with Gasteiger partial charge >= 0.3 is 0 Å². The Morgan fingerprint density at radius 3 is 2.83 bits per heavy atom. The Kier molecular flexibility index (Phi) is 4.86. The zero-order valence-corrected chi connectivity index (χ0v) is 15.3. The predicted octanol–water partition coefficient (Wildman–Crippen LogP) is 4.01. The summed E-state index contributed by atoms with van der Waals surface area (Å²) in [7, 11) is 0.